The Kier molecular flexibility index (Phi) is 5.78. The van der Waals surface area contributed by atoms with E-state index in [1.165, 1.54) is 5.56 Å². The maximum Gasteiger partial charge on any atom is 0.0438 e. The zero-order valence-corrected chi connectivity index (χ0v) is 16.8. The van der Waals surface area contributed by atoms with Crippen molar-refractivity contribution in [1.82, 2.24) is 4.98 Å². The summed E-state index contributed by atoms with van der Waals surface area (Å²) in [4.78, 5) is 7.05. The molecule has 0 amide bonds. The molecule has 0 saturated heterocycles. The van der Waals surface area contributed by atoms with Crippen LogP contribution in [0.1, 0.15) is 35.2 Å². The second-order valence-electron chi connectivity index (χ2n) is 6.63. The van der Waals surface area contributed by atoms with Gasteiger partial charge in [-0.05, 0) is 69.2 Å². The molecule has 5 heteroatoms. The molecule has 0 atom stereocenters. The largest absolute Gasteiger partial charge is 0.372 e. The number of rotatable bonds is 3. The first-order chi connectivity index (χ1) is 12.1. The van der Waals surface area contributed by atoms with Crippen LogP contribution in [0, 0.1) is 31.5 Å². The standard InChI is InChI=1S/C21H19F2N2.Ir/c1-3-13-11-16(18(23)12-17(13)22)20-15-8-6-10-25-9-5-7-14(21(15)25)19(4-2)24-20;/h1-2,12H,3-10H2;/q-1;. The minimum absolute atomic E-state index is 0. The third kappa shape index (κ3) is 3.10. The summed E-state index contributed by atoms with van der Waals surface area (Å²) in [7, 11) is 0. The number of benzene rings is 1. The molecule has 0 saturated carbocycles. The topological polar surface area (TPSA) is 16.1 Å². The van der Waals surface area contributed by atoms with Crippen LogP contribution in [-0.2, 0) is 45.8 Å². The van der Waals surface area contributed by atoms with E-state index in [0.29, 0.717) is 12.1 Å². The SMILES string of the molecule is [CH]Cc1[c-]c(-c2nc(C[CH])c3c4c2CCCN4CCC3)c(F)cc1F.[Ir]. The van der Waals surface area contributed by atoms with E-state index in [2.05, 4.69) is 11.0 Å². The van der Waals surface area contributed by atoms with E-state index in [9.17, 15) is 8.78 Å². The van der Waals surface area contributed by atoms with E-state index in [4.69, 9.17) is 18.8 Å². The molecule has 3 heterocycles. The molecule has 0 aliphatic carbocycles. The zero-order valence-electron chi connectivity index (χ0n) is 14.4. The van der Waals surface area contributed by atoms with E-state index in [1.807, 2.05) is 0 Å². The predicted octanol–water partition coefficient (Wildman–Crippen LogP) is 4.03. The molecule has 2 nitrogen and oxygen atoms in total. The van der Waals surface area contributed by atoms with E-state index < -0.39 is 11.6 Å². The fourth-order valence-electron chi connectivity index (χ4n) is 4.05. The molecule has 5 radical (unpaired) electrons. The first kappa shape index (κ1) is 19.4. The molecule has 2 aliphatic heterocycles. The van der Waals surface area contributed by atoms with E-state index in [1.54, 1.807) is 0 Å². The molecule has 137 valence electrons. The van der Waals surface area contributed by atoms with Gasteiger partial charge < -0.3 is 9.88 Å². The number of hydrogen-bond acceptors (Lipinski definition) is 2. The van der Waals surface area contributed by atoms with Crippen molar-refractivity contribution in [3.05, 3.63) is 60.0 Å². The maximum atomic E-state index is 14.6. The van der Waals surface area contributed by atoms with E-state index >= 15 is 0 Å². The maximum absolute atomic E-state index is 14.6. The van der Waals surface area contributed by atoms with Crippen LogP contribution in [0.25, 0.3) is 11.3 Å². The molecular weight excluding hydrogens is 510 g/mol. The van der Waals surface area contributed by atoms with Gasteiger partial charge in [0.2, 0.25) is 0 Å². The Morgan fingerprint density at radius 2 is 1.73 bits per heavy atom. The number of nitrogens with zero attached hydrogens (tertiary/aromatic N) is 2. The smallest absolute Gasteiger partial charge is 0.0438 e. The van der Waals surface area contributed by atoms with Gasteiger partial charge in [0, 0.05) is 56.2 Å². The third-order valence-corrected chi connectivity index (χ3v) is 5.17. The van der Waals surface area contributed by atoms with Gasteiger partial charge >= 0.3 is 0 Å². The number of aromatic nitrogens is 1. The molecule has 0 fully saturated rings. The zero-order chi connectivity index (χ0) is 17.6. The second-order valence-corrected chi connectivity index (χ2v) is 6.63. The number of halogens is 2. The Balaban J connectivity index is 0.00000196. The van der Waals surface area contributed by atoms with Gasteiger partial charge in [-0.3, -0.25) is 8.78 Å². The van der Waals surface area contributed by atoms with Crippen molar-refractivity contribution >= 4 is 5.69 Å². The van der Waals surface area contributed by atoms with Crippen LogP contribution in [0.5, 0.6) is 0 Å². The molecule has 0 N–H and O–H groups in total. The van der Waals surface area contributed by atoms with Crippen molar-refractivity contribution < 1.29 is 28.9 Å². The molecule has 0 bridgehead atoms. The average molecular weight is 530 g/mol. The van der Waals surface area contributed by atoms with Crippen LogP contribution < -0.4 is 4.90 Å². The molecule has 2 aliphatic rings. The molecule has 26 heavy (non-hydrogen) atoms. The van der Waals surface area contributed by atoms with Gasteiger partial charge in [-0.1, -0.05) is 17.2 Å². The summed E-state index contributed by atoms with van der Waals surface area (Å²) >= 11 is 0. The molecule has 1 aromatic heterocycles. The predicted molar refractivity (Wildman–Crippen MR) is 93.3 cm³/mol. The molecular formula is C21H19F2IrN2-. The normalized spacial score (nSPS) is 15.5. The first-order valence-electron chi connectivity index (χ1n) is 8.74. The van der Waals surface area contributed by atoms with Crippen LogP contribution in [0.4, 0.5) is 14.5 Å². The number of pyridine rings is 1. The first-order valence-corrected chi connectivity index (χ1v) is 8.74. The van der Waals surface area contributed by atoms with Gasteiger partial charge in [0.05, 0.1) is 0 Å². The molecule has 0 spiro atoms. The van der Waals surface area contributed by atoms with Crippen molar-refractivity contribution in [1.29, 1.82) is 0 Å². The van der Waals surface area contributed by atoms with Gasteiger partial charge in [0.25, 0.3) is 0 Å². The minimum atomic E-state index is -0.670. The quantitative estimate of drug-likeness (QED) is 0.559. The van der Waals surface area contributed by atoms with Crippen molar-refractivity contribution in [3.8, 4) is 11.3 Å². The fourth-order valence-corrected chi connectivity index (χ4v) is 4.05. The molecule has 4 rings (SSSR count). The minimum Gasteiger partial charge on any atom is -0.372 e. The summed E-state index contributed by atoms with van der Waals surface area (Å²) in [6.45, 7) is 13.5. The summed E-state index contributed by atoms with van der Waals surface area (Å²) in [6.07, 6.45) is 4.12. The van der Waals surface area contributed by atoms with Crippen LogP contribution in [0.15, 0.2) is 6.07 Å². The van der Waals surface area contributed by atoms with Gasteiger partial charge in [-0.2, -0.15) is 0 Å². The van der Waals surface area contributed by atoms with Crippen molar-refractivity contribution in [2.75, 3.05) is 18.0 Å². The number of anilines is 1. The van der Waals surface area contributed by atoms with Gasteiger partial charge in [-0.25, -0.2) is 0 Å². The fraction of sp³-hybridized carbons (Fsp3) is 0.381. The Bertz CT molecular complexity index is 833. The Morgan fingerprint density at radius 3 is 2.38 bits per heavy atom. The summed E-state index contributed by atoms with van der Waals surface area (Å²) in [6, 6.07) is 3.70. The number of hydrogen-bond donors (Lipinski definition) is 0. The molecule has 2 aromatic rings. The van der Waals surface area contributed by atoms with E-state index in [-0.39, 0.29) is 37.7 Å². The van der Waals surface area contributed by atoms with Crippen LogP contribution in [0.2, 0.25) is 0 Å². The van der Waals surface area contributed by atoms with Crippen LogP contribution >= 0.6 is 0 Å². The molecule has 0 unspecified atom stereocenters. The Morgan fingerprint density at radius 1 is 1.04 bits per heavy atom. The molecule has 1 aromatic carbocycles. The Labute approximate surface area is 167 Å². The van der Waals surface area contributed by atoms with Crippen LogP contribution in [-0.4, -0.2) is 18.1 Å². The monoisotopic (exact) mass is 530 g/mol. The van der Waals surface area contributed by atoms with Crippen molar-refractivity contribution in [3.63, 3.8) is 0 Å². The average Bonchev–Trinajstić information content (AvgIpc) is 2.63. The van der Waals surface area contributed by atoms with Crippen molar-refractivity contribution in [2.45, 2.75) is 38.5 Å². The summed E-state index contributed by atoms with van der Waals surface area (Å²) < 4.78 is 28.4. The second kappa shape index (κ2) is 7.74. The van der Waals surface area contributed by atoms with E-state index in [0.717, 1.165) is 61.8 Å². The Hall–Kier alpha value is -1.32. The third-order valence-electron chi connectivity index (χ3n) is 5.17. The summed E-state index contributed by atoms with van der Waals surface area (Å²) in [5, 5.41) is 0. The van der Waals surface area contributed by atoms with Gasteiger partial charge in [0.1, 0.15) is 0 Å². The van der Waals surface area contributed by atoms with Crippen LogP contribution in [0.3, 0.4) is 0 Å². The van der Waals surface area contributed by atoms with Crippen molar-refractivity contribution in [2.24, 2.45) is 0 Å². The van der Waals surface area contributed by atoms with Gasteiger partial charge in [-0.15, -0.1) is 6.07 Å². The van der Waals surface area contributed by atoms with Gasteiger partial charge in [0.15, 0.2) is 0 Å². The summed E-state index contributed by atoms with van der Waals surface area (Å²) in [5.74, 6) is -1.33. The summed E-state index contributed by atoms with van der Waals surface area (Å²) in [5.41, 5.74) is 5.09.